The minimum absolute atomic E-state index is 0.223. The molecule has 0 aliphatic carbocycles. The number of anilines is 2. The maximum atomic E-state index is 13.8. The lowest BCUT2D eigenvalue weighted by molar-refractivity contribution is 0.627. The van der Waals surface area contributed by atoms with Gasteiger partial charge < -0.3 is 4.90 Å². The van der Waals surface area contributed by atoms with E-state index >= 15 is 0 Å². The van der Waals surface area contributed by atoms with Crippen molar-refractivity contribution in [3.05, 3.63) is 58.3 Å². The summed E-state index contributed by atoms with van der Waals surface area (Å²) in [4.78, 5) is 1.86. The molecule has 0 amide bonds. The van der Waals surface area contributed by atoms with E-state index in [-0.39, 0.29) is 5.82 Å². The van der Waals surface area contributed by atoms with Gasteiger partial charge in [0.2, 0.25) is 0 Å². The minimum atomic E-state index is -0.223. The van der Waals surface area contributed by atoms with Gasteiger partial charge in [-0.15, -0.1) is 0 Å². The molecule has 2 rings (SSSR count). The van der Waals surface area contributed by atoms with E-state index in [1.165, 1.54) is 6.07 Å². The molecule has 0 aliphatic heterocycles. The van der Waals surface area contributed by atoms with E-state index in [0.29, 0.717) is 5.69 Å². The quantitative estimate of drug-likeness (QED) is 0.778. The third kappa shape index (κ3) is 2.50. The topological polar surface area (TPSA) is 3.24 Å². The van der Waals surface area contributed by atoms with Crippen LogP contribution in [-0.2, 0) is 0 Å². The van der Waals surface area contributed by atoms with Crippen molar-refractivity contribution in [1.82, 2.24) is 0 Å². The Hall–Kier alpha value is -1.35. The maximum Gasteiger partial charge on any atom is 0.146 e. The Kier molecular flexibility index (Phi) is 3.48. The van der Waals surface area contributed by atoms with Crippen LogP contribution in [0.5, 0.6) is 0 Å². The number of rotatable bonds is 2. The third-order valence-electron chi connectivity index (χ3n) is 2.75. The van der Waals surface area contributed by atoms with E-state index in [9.17, 15) is 4.39 Å². The van der Waals surface area contributed by atoms with Crippen molar-refractivity contribution in [3.8, 4) is 0 Å². The molecule has 1 nitrogen and oxygen atoms in total. The molecule has 0 bridgehead atoms. The Bertz CT molecular complexity index is 539. The molecule has 0 unspecified atom stereocenters. The second-order valence-corrected chi connectivity index (χ2v) is 4.86. The number of hydrogen-bond donors (Lipinski definition) is 0. The smallest absolute Gasteiger partial charge is 0.146 e. The van der Waals surface area contributed by atoms with Crippen molar-refractivity contribution in [3.63, 3.8) is 0 Å². The molecule has 0 spiro atoms. The molecule has 0 heterocycles. The third-order valence-corrected chi connectivity index (χ3v) is 3.24. The number of nitrogens with zero attached hydrogens (tertiary/aromatic N) is 1. The second-order valence-electron chi connectivity index (χ2n) is 3.94. The molecule has 0 aliphatic rings. The number of para-hydroxylation sites is 1. The molecule has 0 aromatic heterocycles. The van der Waals surface area contributed by atoms with Crippen molar-refractivity contribution in [1.29, 1.82) is 0 Å². The van der Waals surface area contributed by atoms with Crippen molar-refractivity contribution in [2.75, 3.05) is 11.9 Å². The largest absolute Gasteiger partial charge is 0.342 e. The number of hydrogen-bond acceptors (Lipinski definition) is 1. The molecular weight excluding hydrogens is 281 g/mol. The number of benzene rings is 2. The van der Waals surface area contributed by atoms with Crippen LogP contribution in [0.15, 0.2) is 46.9 Å². The highest BCUT2D eigenvalue weighted by Gasteiger charge is 2.11. The van der Waals surface area contributed by atoms with Crippen molar-refractivity contribution >= 4 is 27.3 Å². The van der Waals surface area contributed by atoms with Gasteiger partial charge >= 0.3 is 0 Å². The molecule has 0 N–H and O–H groups in total. The summed E-state index contributed by atoms with van der Waals surface area (Å²) in [5, 5.41) is 0. The van der Waals surface area contributed by atoms with Gasteiger partial charge in [0.25, 0.3) is 0 Å². The first-order valence-electron chi connectivity index (χ1n) is 5.34. The maximum absolute atomic E-state index is 13.8. The van der Waals surface area contributed by atoms with Gasteiger partial charge in [0.1, 0.15) is 5.82 Å². The van der Waals surface area contributed by atoms with E-state index in [1.54, 1.807) is 12.1 Å². The molecule has 0 saturated carbocycles. The van der Waals surface area contributed by atoms with Crippen LogP contribution >= 0.6 is 15.9 Å². The monoisotopic (exact) mass is 293 g/mol. The van der Waals surface area contributed by atoms with Crippen molar-refractivity contribution < 1.29 is 4.39 Å². The van der Waals surface area contributed by atoms with Gasteiger partial charge in [-0.2, -0.15) is 0 Å². The standard InChI is InChI=1S/C14H13BrFN/c1-10-5-3-4-6-13(10)17(2)14-9-11(15)7-8-12(14)16/h3-9H,1-2H3. The van der Waals surface area contributed by atoms with Crippen molar-refractivity contribution in [2.24, 2.45) is 0 Å². The highest BCUT2D eigenvalue weighted by molar-refractivity contribution is 9.10. The fraction of sp³-hybridized carbons (Fsp3) is 0.143. The molecule has 0 radical (unpaired) electrons. The zero-order chi connectivity index (χ0) is 12.4. The van der Waals surface area contributed by atoms with E-state index in [4.69, 9.17) is 0 Å². The second kappa shape index (κ2) is 4.88. The number of halogens is 2. The van der Waals surface area contributed by atoms with Gasteiger partial charge in [0, 0.05) is 17.2 Å². The van der Waals surface area contributed by atoms with Crippen LogP contribution in [0.3, 0.4) is 0 Å². The van der Waals surface area contributed by atoms with Crippen LogP contribution in [0.2, 0.25) is 0 Å². The SMILES string of the molecule is Cc1ccccc1N(C)c1cc(Br)ccc1F. The molecule has 88 valence electrons. The van der Waals surface area contributed by atoms with Crippen LogP contribution in [0.25, 0.3) is 0 Å². The first kappa shape index (κ1) is 12.1. The van der Waals surface area contributed by atoms with Gasteiger partial charge in [-0.1, -0.05) is 34.1 Å². The van der Waals surface area contributed by atoms with E-state index in [2.05, 4.69) is 15.9 Å². The van der Waals surface area contributed by atoms with Gasteiger partial charge in [-0.05, 0) is 36.8 Å². The van der Waals surface area contributed by atoms with Gasteiger partial charge in [0.15, 0.2) is 0 Å². The Morgan fingerprint density at radius 1 is 1.06 bits per heavy atom. The van der Waals surface area contributed by atoms with Crippen LogP contribution in [0.1, 0.15) is 5.56 Å². The normalized spacial score (nSPS) is 10.4. The van der Waals surface area contributed by atoms with Gasteiger partial charge in [-0.25, -0.2) is 4.39 Å². The lowest BCUT2D eigenvalue weighted by atomic mass is 10.1. The van der Waals surface area contributed by atoms with Crippen LogP contribution in [0.4, 0.5) is 15.8 Å². The van der Waals surface area contributed by atoms with E-state index in [1.807, 2.05) is 43.1 Å². The van der Waals surface area contributed by atoms with E-state index < -0.39 is 0 Å². The Morgan fingerprint density at radius 2 is 1.76 bits per heavy atom. The average Bonchev–Trinajstić information content (AvgIpc) is 2.32. The first-order valence-corrected chi connectivity index (χ1v) is 6.13. The Balaban J connectivity index is 2.47. The summed E-state index contributed by atoms with van der Waals surface area (Å²) < 4.78 is 14.6. The van der Waals surface area contributed by atoms with E-state index in [0.717, 1.165) is 15.7 Å². The van der Waals surface area contributed by atoms with Crippen LogP contribution < -0.4 is 4.90 Å². The number of aryl methyl sites for hydroxylation is 1. The molecule has 3 heteroatoms. The zero-order valence-electron chi connectivity index (χ0n) is 9.74. The van der Waals surface area contributed by atoms with Crippen LogP contribution in [-0.4, -0.2) is 7.05 Å². The highest BCUT2D eigenvalue weighted by atomic mass is 79.9. The summed E-state index contributed by atoms with van der Waals surface area (Å²) in [6.07, 6.45) is 0. The zero-order valence-corrected chi connectivity index (χ0v) is 11.3. The predicted octanol–water partition coefficient (Wildman–Crippen LogP) is 4.66. The fourth-order valence-corrected chi connectivity index (χ4v) is 2.16. The summed E-state index contributed by atoms with van der Waals surface area (Å²) >= 11 is 3.36. The molecule has 0 saturated heterocycles. The highest BCUT2D eigenvalue weighted by Crippen LogP contribution is 2.30. The van der Waals surface area contributed by atoms with Crippen molar-refractivity contribution in [2.45, 2.75) is 6.92 Å². The molecule has 2 aromatic carbocycles. The summed E-state index contributed by atoms with van der Waals surface area (Å²) in [6.45, 7) is 2.02. The van der Waals surface area contributed by atoms with Gasteiger partial charge in [0.05, 0.1) is 5.69 Å². The average molecular weight is 294 g/mol. The molecular formula is C14H13BrFN. The summed E-state index contributed by atoms with van der Waals surface area (Å²) in [5.74, 6) is -0.223. The summed E-state index contributed by atoms with van der Waals surface area (Å²) in [5.41, 5.74) is 2.69. The first-order chi connectivity index (χ1) is 8.09. The molecule has 0 atom stereocenters. The summed E-state index contributed by atoms with van der Waals surface area (Å²) in [7, 11) is 1.87. The predicted molar refractivity (Wildman–Crippen MR) is 73.3 cm³/mol. The Labute approximate surface area is 109 Å². The molecule has 2 aromatic rings. The van der Waals surface area contributed by atoms with Gasteiger partial charge in [-0.3, -0.25) is 0 Å². The fourth-order valence-electron chi connectivity index (χ4n) is 1.81. The minimum Gasteiger partial charge on any atom is -0.342 e. The molecule has 0 fully saturated rings. The van der Waals surface area contributed by atoms with Crippen LogP contribution in [0, 0.1) is 12.7 Å². The molecule has 17 heavy (non-hydrogen) atoms. The lowest BCUT2D eigenvalue weighted by Gasteiger charge is -2.22. The Morgan fingerprint density at radius 3 is 2.47 bits per heavy atom. The summed E-state index contributed by atoms with van der Waals surface area (Å²) in [6, 6.07) is 12.9. The lowest BCUT2D eigenvalue weighted by Crippen LogP contribution is -2.12.